The Kier molecular flexibility index (Phi) is 5.68. The number of carbonyl (C=O) groups is 1. The summed E-state index contributed by atoms with van der Waals surface area (Å²) in [5.41, 5.74) is 2.65. The molecule has 25 heavy (non-hydrogen) atoms. The first-order chi connectivity index (χ1) is 12.3. The van der Waals surface area contributed by atoms with Crippen LogP contribution in [0.15, 0.2) is 60.1 Å². The van der Waals surface area contributed by atoms with Gasteiger partial charge in [-0.3, -0.25) is 4.79 Å². The van der Waals surface area contributed by atoms with E-state index >= 15 is 0 Å². The van der Waals surface area contributed by atoms with Gasteiger partial charge in [-0.05, 0) is 23.8 Å². The number of benzene rings is 1. The number of aromatic nitrogens is 1. The van der Waals surface area contributed by atoms with Crippen molar-refractivity contribution in [2.45, 2.75) is 13.1 Å². The fraction of sp³-hybridized carbons (Fsp3) is 0.150. The minimum Gasteiger partial charge on any atom is -0.384 e. The van der Waals surface area contributed by atoms with Crippen molar-refractivity contribution in [2.24, 2.45) is 0 Å². The monoisotopic (exact) mass is 350 g/mol. The summed E-state index contributed by atoms with van der Waals surface area (Å²) in [6, 6.07) is 15.7. The molecule has 5 heteroatoms. The highest BCUT2D eigenvalue weighted by molar-refractivity contribution is 7.10. The molecule has 3 rings (SSSR count). The summed E-state index contributed by atoms with van der Waals surface area (Å²) in [5.74, 6) is 5.38. The number of aliphatic hydroxyl groups excluding tert-OH is 1. The molecule has 126 valence electrons. The topological polar surface area (TPSA) is 54.3 Å². The second-order valence-corrected chi connectivity index (χ2v) is 6.45. The third-order valence-corrected chi connectivity index (χ3v) is 4.58. The average Bonchev–Trinajstić information content (AvgIpc) is 3.28. The maximum absolute atomic E-state index is 12.5. The Morgan fingerprint density at radius 1 is 1.20 bits per heavy atom. The highest BCUT2D eigenvalue weighted by Crippen LogP contribution is 2.14. The molecule has 0 unspecified atom stereocenters. The Balaban J connectivity index is 1.62. The number of nitrogens with one attached hydrogen (secondary N) is 1. The number of aliphatic hydroxyl groups is 1. The Hall–Kier alpha value is -2.81. The molecule has 0 atom stereocenters. The number of hydrogen-bond donors (Lipinski definition) is 2. The van der Waals surface area contributed by atoms with Crippen LogP contribution in [-0.2, 0) is 13.1 Å². The van der Waals surface area contributed by atoms with Crippen LogP contribution >= 0.6 is 11.3 Å². The molecular formula is C20H18N2O2S. The van der Waals surface area contributed by atoms with Gasteiger partial charge in [-0.15, -0.1) is 11.3 Å². The van der Waals surface area contributed by atoms with Crippen molar-refractivity contribution in [3.8, 4) is 11.8 Å². The standard InChI is InChI=1S/C20H18N2O2S/c23-11-5-8-17-12-18(25-15-17)13-21-20(24)19-9-4-10-22(19)14-16-6-2-1-3-7-16/h1-4,6-7,9-10,12,15,23H,11,13-14H2,(H,21,24). The van der Waals surface area contributed by atoms with Crippen molar-refractivity contribution in [3.63, 3.8) is 0 Å². The van der Waals surface area contributed by atoms with Crippen LogP contribution in [0.2, 0.25) is 0 Å². The maximum Gasteiger partial charge on any atom is 0.268 e. The lowest BCUT2D eigenvalue weighted by Gasteiger charge is -2.09. The van der Waals surface area contributed by atoms with E-state index in [1.807, 2.05) is 64.7 Å². The molecule has 0 bridgehead atoms. The molecule has 2 N–H and O–H groups in total. The van der Waals surface area contributed by atoms with E-state index in [0.29, 0.717) is 18.8 Å². The van der Waals surface area contributed by atoms with Crippen LogP contribution in [0.5, 0.6) is 0 Å². The van der Waals surface area contributed by atoms with Crippen molar-refractivity contribution in [1.82, 2.24) is 9.88 Å². The SMILES string of the molecule is O=C(NCc1cc(C#CCO)cs1)c1cccn1Cc1ccccc1. The molecule has 0 spiro atoms. The maximum atomic E-state index is 12.5. The predicted molar refractivity (Wildman–Crippen MR) is 99.4 cm³/mol. The minimum atomic E-state index is -0.152. The highest BCUT2D eigenvalue weighted by Gasteiger charge is 2.11. The number of hydrogen-bond acceptors (Lipinski definition) is 3. The first kappa shape index (κ1) is 17.0. The molecule has 0 fully saturated rings. The second kappa shape index (κ2) is 8.34. The lowest BCUT2D eigenvalue weighted by molar-refractivity contribution is 0.0942. The van der Waals surface area contributed by atoms with Crippen LogP contribution in [-0.4, -0.2) is 22.2 Å². The van der Waals surface area contributed by atoms with Crippen molar-refractivity contribution in [2.75, 3.05) is 6.61 Å². The zero-order chi connectivity index (χ0) is 17.5. The number of nitrogens with zero attached hydrogens (tertiary/aromatic N) is 1. The molecular weight excluding hydrogens is 332 g/mol. The van der Waals surface area contributed by atoms with Gasteiger partial charge in [-0.1, -0.05) is 42.2 Å². The molecule has 0 aliphatic carbocycles. The smallest absolute Gasteiger partial charge is 0.268 e. The Morgan fingerprint density at radius 3 is 2.84 bits per heavy atom. The summed E-state index contributed by atoms with van der Waals surface area (Å²) < 4.78 is 1.94. The Morgan fingerprint density at radius 2 is 2.04 bits per heavy atom. The van der Waals surface area contributed by atoms with Gasteiger partial charge in [-0.25, -0.2) is 0 Å². The van der Waals surface area contributed by atoms with Crippen molar-refractivity contribution >= 4 is 17.2 Å². The molecule has 0 aliphatic heterocycles. The fourth-order valence-corrected chi connectivity index (χ4v) is 3.23. The predicted octanol–water partition coefficient (Wildman–Crippen LogP) is 2.87. The van der Waals surface area contributed by atoms with E-state index in [9.17, 15) is 4.79 Å². The summed E-state index contributed by atoms with van der Waals surface area (Å²) in [6.45, 7) is 0.970. The van der Waals surface area contributed by atoms with Gasteiger partial charge in [0.2, 0.25) is 0 Å². The first-order valence-electron chi connectivity index (χ1n) is 7.90. The van der Waals surface area contributed by atoms with Crippen LogP contribution in [0.3, 0.4) is 0 Å². The van der Waals surface area contributed by atoms with Gasteiger partial charge >= 0.3 is 0 Å². The van der Waals surface area contributed by atoms with E-state index in [-0.39, 0.29) is 12.5 Å². The summed E-state index contributed by atoms with van der Waals surface area (Å²) in [5, 5.41) is 13.6. The normalized spacial score (nSPS) is 10.1. The van der Waals surface area contributed by atoms with Crippen LogP contribution in [0.1, 0.15) is 26.5 Å². The zero-order valence-electron chi connectivity index (χ0n) is 13.6. The number of thiophene rings is 1. The molecule has 0 saturated carbocycles. The van der Waals surface area contributed by atoms with E-state index in [2.05, 4.69) is 17.2 Å². The van der Waals surface area contributed by atoms with Crippen LogP contribution < -0.4 is 5.32 Å². The van der Waals surface area contributed by atoms with E-state index in [1.54, 1.807) is 11.3 Å². The second-order valence-electron chi connectivity index (χ2n) is 5.45. The van der Waals surface area contributed by atoms with Gasteiger partial charge in [0.25, 0.3) is 5.91 Å². The largest absolute Gasteiger partial charge is 0.384 e. The van der Waals surface area contributed by atoms with E-state index in [4.69, 9.17) is 5.11 Å². The molecule has 1 amide bonds. The summed E-state index contributed by atoms with van der Waals surface area (Å²) in [6.07, 6.45) is 1.91. The number of carbonyl (C=O) groups excluding carboxylic acids is 1. The fourth-order valence-electron chi connectivity index (χ4n) is 2.48. The molecule has 0 saturated heterocycles. The van der Waals surface area contributed by atoms with Gasteiger partial charge < -0.3 is 15.0 Å². The molecule has 3 aromatic rings. The van der Waals surface area contributed by atoms with Crippen molar-refractivity contribution in [1.29, 1.82) is 0 Å². The molecule has 2 aromatic heterocycles. The third kappa shape index (κ3) is 4.60. The lowest BCUT2D eigenvalue weighted by Crippen LogP contribution is -2.25. The van der Waals surface area contributed by atoms with Gasteiger partial charge in [0, 0.05) is 28.6 Å². The van der Waals surface area contributed by atoms with Gasteiger partial charge in [0.05, 0.1) is 6.54 Å². The zero-order valence-corrected chi connectivity index (χ0v) is 14.4. The summed E-state index contributed by atoms with van der Waals surface area (Å²) in [4.78, 5) is 13.5. The molecule has 0 radical (unpaired) electrons. The van der Waals surface area contributed by atoms with Gasteiger partial charge in [0.15, 0.2) is 0 Å². The number of amides is 1. The lowest BCUT2D eigenvalue weighted by atomic mass is 10.2. The van der Waals surface area contributed by atoms with Crippen LogP contribution in [0, 0.1) is 11.8 Å². The average molecular weight is 350 g/mol. The first-order valence-corrected chi connectivity index (χ1v) is 8.78. The van der Waals surface area contributed by atoms with Crippen LogP contribution in [0.25, 0.3) is 0 Å². The quantitative estimate of drug-likeness (QED) is 0.695. The summed E-state index contributed by atoms with van der Waals surface area (Å²) in [7, 11) is 0. The molecule has 0 aliphatic rings. The van der Waals surface area contributed by atoms with E-state index in [1.165, 1.54) is 0 Å². The third-order valence-electron chi connectivity index (χ3n) is 3.65. The van der Waals surface area contributed by atoms with Crippen LogP contribution in [0.4, 0.5) is 0 Å². The van der Waals surface area contributed by atoms with Crippen molar-refractivity contribution < 1.29 is 9.90 Å². The van der Waals surface area contributed by atoms with Gasteiger partial charge in [0.1, 0.15) is 12.3 Å². The van der Waals surface area contributed by atoms with E-state index in [0.717, 1.165) is 16.0 Å². The number of rotatable bonds is 5. The highest BCUT2D eigenvalue weighted by atomic mass is 32.1. The molecule has 2 heterocycles. The molecule has 4 nitrogen and oxygen atoms in total. The Bertz CT molecular complexity index is 900. The van der Waals surface area contributed by atoms with Gasteiger partial charge in [-0.2, -0.15) is 0 Å². The minimum absolute atomic E-state index is 0.0997. The summed E-state index contributed by atoms with van der Waals surface area (Å²) >= 11 is 1.54. The molecule has 1 aromatic carbocycles. The van der Waals surface area contributed by atoms with Crippen molar-refractivity contribution in [3.05, 3.63) is 81.8 Å². The Labute approximate surface area is 150 Å². The van der Waals surface area contributed by atoms with E-state index < -0.39 is 0 Å².